The maximum atomic E-state index is 13.5. The lowest BCUT2D eigenvalue weighted by molar-refractivity contribution is 0.562. The zero-order chi connectivity index (χ0) is 25.5. The van der Waals surface area contributed by atoms with E-state index in [9.17, 15) is 21.2 Å². The number of H-pyrrole nitrogens is 1. The Bertz CT molecular complexity index is 1600. The highest BCUT2D eigenvalue weighted by Crippen LogP contribution is 2.32. The minimum Gasteiger partial charge on any atom is -0.277 e. The lowest BCUT2D eigenvalue weighted by atomic mass is 10.1. The van der Waals surface area contributed by atoms with Gasteiger partial charge >= 0.3 is 0 Å². The summed E-state index contributed by atoms with van der Waals surface area (Å²) in [7, 11) is -7.88. The molecule has 1 unspecified atom stereocenters. The van der Waals surface area contributed by atoms with E-state index in [2.05, 4.69) is 14.9 Å². The van der Waals surface area contributed by atoms with Gasteiger partial charge in [-0.15, -0.1) is 0 Å². The molecule has 4 rings (SSSR count). The van der Waals surface area contributed by atoms with E-state index in [1.54, 1.807) is 38.1 Å². The van der Waals surface area contributed by atoms with Gasteiger partial charge in [0.05, 0.1) is 21.1 Å². The number of hydrogen-bond donors (Lipinski definition) is 2. The second-order valence-corrected chi connectivity index (χ2v) is 12.4. The smallest absolute Gasteiger partial charge is 0.241 e. The molecule has 0 radical (unpaired) electrons. The lowest BCUT2D eigenvalue weighted by Crippen LogP contribution is -2.38. The topological polar surface area (TPSA) is 109 Å². The number of halogens is 1. The Morgan fingerprint density at radius 3 is 2.23 bits per heavy atom. The number of sulfone groups is 1. The summed E-state index contributed by atoms with van der Waals surface area (Å²) in [4.78, 5) is 0.180. The van der Waals surface area contributed by atoms with Crippen molar-refractivity contribution in [3.05, 3.63) is 77.1 Å². The first kappa shape index (κ1) is 25.0. The van der Waals surface area contributed by atoms with Crippen LogP contribution in [0.5, 0.6) is 0 Å². The van der Waals surface area contributed by atoms with Gasteiger partial charge < -0.3 is 0 Å². The van der Waals surface area contributed by atoms with Crippen molar-refractivity contribution in [1.82, 2.24) is 14.9 Å². The van der Waals surface area contributed by atoms with E-state index in [0.29, 0.717) is 33.3 Å². The van der Waals surface area contributed by atoms with Crippen molar-refractivity contribution in [3.63, 3.8) is 0 Å². The summed E-state index contributed by atoms with van der Waals surface area (Å²) in [5.41, 5.74) is 3.57. The molecule has 0 fully saturated rings. The fourth-order valence-corrected chi connectivity index (χ4v) is 8.01. The van der Waals surface area contributed by atoms with Crippen molar-refractivity contribution < 1.29 is 21.2 Å². The number of rotatable bonds is 7. The SMILES string of the molecule is Cc1cc(C)c(S(=O)(=O)NC(C)CS(=O)(=O)c2cccc3[nH]nc(-c4ccc(F)cc4)c23)c(C)c1. The number of nitrogens with one attached hydrogen (secondary N) is 2. The summed E-state index contributed by atoms with van der Waals surface area (Å²) in [6.45, 7) is 6.83. The van der Waals surface area contributed by atoms with Crippen molar-refractivity contribution >= 4 is 30.8 Å². The molecule has 7 nitrogen and oxygen atoms in total. The molecule has 0 saturated carbocycles. The molecule has 1 aromatic heterocycles. The average molecular weight is 516 g/mol. The number of fused-ring (bicyclic) bond motifs is 1. The number of hydrogen-bond acceptors (Lipinski definition) is 5. The Kier molecular flexibility index (Phi) is 6.56. The third-order valence-corrected chi connectivity index (χ3v) is 9.55. The molecule has 0 aliphatic rings. The van der Waals surface area contributed by atoms with Gasteiger partial charge in [0.2, 0.25) is 10.0 Å². The molecule has 184 valence electrons. The number of aryl methyl sites for hydroxylation is 3. The minimum absolute atomic E-state index is 0.0248. The average Bonchev–Trinajstić information content (AvgIpc) is 3.16. The molecule has 3 aromatic carbocycles. The van der Waals surface area contributed by atoms with Crippen LogP contribution in [0.15, 0.2) is 64.4 Å². The van der Waals surface area contributed by atoms with E-state index >= 15 is 0 Å². The largest absolute Gasteiger partial charge is 0.277 e. The van der Waals surface area contributed by atoms with Crippen molar-refractivity contribution in [1.29, 1.82) is 0 Å². The predicted molar refractivity (Wildman–Crippen MR) is 134 cm³/mol. The Morgan fingerprint density at radius 1 is 0.971 bits per heavy atom. The molecule has 0 amide bonds. The van der Waals surface area contributed by atoms with Gasteiger partial charge in [0.1, 0.15) is 11.5 Å². The standard InChI is InChI=1S/C25H26FN3O4S2/c1-15-12-16(2)25(17(3)13-15)35(32,33)29-18(4)14-34(30,31)22-7-5-6-21-23(22)24(28-27-21)19-8-10-20(26)11-9-19/h5-13,18,29H,14H2,1-4H3,(H,27,28). The summed E-state index contributed by atoms with van der Waals surface area (Å²) in [6, 6.07) is 13.0. The van der Waals surface area contributed by atoms with E-state index in [0.717, 1.165) is 5.56 Å². The van der Waals surface area contributed by atoms with E-state index in [4.69, 9.17) is 0 Å². The molecule has 0 bridgehead atoms. The van der Waals surface area contributed by atoms with Gasteiger partial charge in [-0.25, -0.2) is 25.9 Å². The zero-order valence-electron chi connectivity index (χ0n) is 19.8. The van der Waals surface area contributed by atoms with E-state index < -0.39 is 37.5 Å². The molecular weight excluding hydrogens is 489 g/mol. The summed E-state index contributed by atoms with van der Waals surface area (Å²) in [5, 5.41) is 7.45. The third-order valence-electron chi connectivity index (χ3n) is 5.70. The van der Waals surface area contributed by atoms with Crippen molar-refractivity contribution in [2.45, 2.75) is 43.5 Å². The van der Waals surface area contributed by atoms with Crippen LogP contribution in [0.4, 0.5) is 4.39 Å². The van der Waals surface area contributed by atoms with Gasteiger partial charge in [-0.1, -0.05) is 23.8 Å². The van der Waals surface area contributed by atoms with Crippen LogP contribution < -0.4 is 4.72 Å². The maximum absolute atomic E-state index is 13.5. The molecular formula is C25H26FN3O4S2. The zero-order valence-corrected chi connectivity index (χ0v) is 21.4. The molecule has 1 atom stereocenters. The first-order chi connectivity index (χ1) is 16.4. The van der Waals surface area contributed by atoms with Crippen LogP contribution in [-0.4, -0.2) is 38.8 Å². The van der Waals surface area contributed by atoms with Crippen molar-refractivity contribution in [3.8, 4) is 11.3 Å². The van der Waals surface area contributed by atoms with Crippen LogP contribution >= 0.6 is 0 Å². The van der Waals surface area contributed by atoms with Gasteiger partial charge in [0.15, 0.2) is 9.84 Å². The van der Waals surface area contributed by atoms with Crippen molar-refractivity contribution in [2.75, 3.05) is 5.75 Å². The first-order valence-corrected chi connectivity index (χ1v) is 14.1. The molecule has 10 heteroatoms. The molecule has 2 N–H and O–H groups in total. The summed E-state index contributed by atoms with van der Waals surface area (Å²) in [5.74, 6) is -0.870. The number of aromatic amines is 1. The van der Waals surface area contributed by atoms with E-state index in [-0.39, 0.29) is 9.79 Å². The van der Waals surface area contributed by atoms with E-state index in [1.807, 2.05) is 6.92 Å². The first-order valence-electron chi connectivity index (χ1n) is 10.9. The third kappa shape index (κ3) is 5.00. The molecule has 4 aromatic rings. The Hall–Kier alpha value is -3.08. The molecule has 0 aliphatic carbocycles. The summed E-state index contributed by atoms with van der Waals surface area (Å²) < 4.78 is 69.0. The highest BCUT2D eigenvalue weighted by Gasteiger charge is 2.28. The monoisotopic (exact) mass is 515 g/mol. The molecule has 0 saturated heterocycles. The lowest BCUT2D eigenvalue weighted by Gasteiger charge is -2.18. The number of nitrogens with zero attached hydrogens (tertiary/aromatic N) is 1. The van der Waals surface area contributed by atoms with Gasteiger partial charge in [-0.3, -0.25) is 5.10 Å². The van der Waals surface area contributed by atoms with Gasteiger partial charge in [-0.05, 0) is 75.2 Å². The van der Waals surface area contributed by atoms with Gasteiger partial charge in [-0.2, -0.15) is 5.10 Å². The second kappa shape index (κ2) is 9.18. The second-order valence-electron chi connectivity index (χ2n) is 8.79. The number of aromatic nitrogens is 2. The van der Waals surface area contributed by atoms with Gasteiger partial charge in [0, 0.05) is 17.0 Å². The highest BCUT2D eigenvalue weighted by molar-refractivity contribution is 7.92. The molecule has 0 aliphatic heterocycles. The van der Waals surface area contributed by atoms with Crippen LogP contribution in [0, 0.1) is 26.6 Å². The quantitative estimate of drug-likeness (QED) is 0.378. The van der Waals surface area contributed by atoms with Crippen molar-refractivity contribution in [2.24, 2.45) is 0 Å². The Labute approximate surface area is 204 Å². The summed E-state index contributed by atoms with van der Waals surface area (Å²) in [6.07, 6.45) is 0. The van der Waals surface area contributed by atoms with Crippen LogP contribution in [0.25, 0.3) is 22.2 Å². The summed E-state index contributed by atoms with van der Waals surface area (Å²) >= 11 is 0. The molecule has 0 spiro atoms. The fraction of sp³-hybridized carbons (Fsp3) is 0.240. The Balaban J connectivity index is 1.68. The maximum Gasteiger partial charge on any atom is 0.241 e. The van der Waals surface area contributed by atoms with Gasteiger partial charge in [0.25, 0.3) is 0 Å². The number of sulfonamides is 1. The van der Waals surface area contributed by atoms with E-state index in [1.165, 1.54) is 37.3 Å². The number of benzene rings is 3. The normalized spacial score (nSPS) is 13.3. The predicted octanol–water partition coefficient (Wildman–Crippen LogP) is 4.43. The Morgan fingerprint density at radius 2 is 1.60 bits per heavy atom. The molecule has 1 heterocycles. The minimum atomic E-state index is -3.95. The molecule has 35 heavy (non-hydrogen) atoms. The van der Waals surface area contributed by atoms with Crippen LogP contribution in [-0.2, 0) is 19.9 Å². The highest BCUT2D eigenvalue weighted by atomic mass is 32.2. The van der Waals surface area contributed by atoms with Crippen LogP contribution in [0.1, 0.15) is 23.6 Å². The van der Waals surface area contributed by atoms with Crippen LogP contribution in [0.2, 0.25) is 0 Å². The fourth-order valence-electron chi connectivity index (χ4n) is 4.48. The van der Waals surface area contributed by atoms with Crippen LogP contribution in [0.3, 0.4) is 0 Å².